The van der Waals surface area contributed by atoms with Gasteiger partial charge in [0.25, 0.3) is 0 Å². The molecule has 136 valence electrons. The second-order valence-electron chi connectivity index (χ2n) is 7.18. The summed E-state index contributed by atoms with van der Waals surface area (Å²) in [4.78, 5) is 13.4. The Kier molecular flexibility index (Phi) is 5.58. The predicted molar refractivity (Wildman–Crippen MR) is 106 cm³/mol. The molecule has 3 rings (SSSR count). The molecule has 1 fully saturated rings. The lowest BCUT2D eigenvalue weighted by atomic mass is 9.95. The molecule has 1 aliphatic carbocycles. The number of carboxylic acids is 1. The zero-order valence-electron chi connectivity index (χ0n) is 15.7. The van der Waals surface area contributed by atoms with Crippen LogP contribution in [-0.2, 0) is 17.8 Å². The second-order valence-corrected chi connectivity index (χ2v) is 7.18. The maximum atomic E-state index is 10.8. The quantitative estimate of drug-likeness (QED) is 0.753. The SMILES string of the molecule is C=C(c1ccc(CC(=O)O)cc1)c1ccc(CN(CC)C2CC2)c(C)c1. The van der Waals surface area contributed by atoms with Crippen LogP contribution in [0.2, 0.25) is 0 Å². The molecule has 0 amide bonds. The van der Waals surface area contributed by atoms with Crippen molar-refractivity contribution >= 4 is 11.5 Å². The molecule has 0 aromatic heterocycles. The van der Waals surface area contributed by atoms with E-state index in [0.717, 1.165) is 41.4 Å². The molecule has 3 heteroatoms. The van der Waals surface area contributed by atoms with Crippen molar-refractivity contribution in [3.05, 3.63) is 76.9 Å². The third-order valence-corrected chi connectivity index (χ3v) is 5.19. The number of carbonyl (C=O) groups is 1. The van der Waals surface area contributed by atoms with Gasteiger partial charge in [0.2, 0.25) is 0 Å². The van der Waals surface area contributed by atoms with Crippen molar-refractivity contribution in [3.63, 3.8) is 0 Å². The highest BCUT2D eigenvalue weighted by Gasteiger charge is 2.27. The summed E-state index contributed by atoms with van der Waals surface area (Å²) in [6.45, 7) is 10.8. The molecule has 0 aliphatic heterocycles. The van der Waals surface area contributed by atoms with Crippen molar-refractivity contribution in [2.75, 3.05) is 6.54 Å². The summed E-state index contributed by atoms with van der Waals surface area (Å²) in [7, 11) is 0. The smallest absolute Gasteiger partial charge is 0.307 e. The van der Waals surface area contributed by atoms with Crippen LogP contribution in [0.15, 0.2) is 49.0 Å². The van der Waals surface area contributed by atoms with Crippen molar-refractivity contribution < 1.29 is 9.90 Å². The molecule has 26 heavy (non-hydrogen) atoms. The Bertz CT molecular complexity index is 803. The van der Waals surface area contributed by atoms with Gasteiger partial charge >= 0.3 is 5.97 Å². The number of carboxylic acid groups (broad SMARTS) is 1. The minimum Gasteiger partial charge on any atom is -0.481 e. The molecule has 0 unspecified atom stereocenters. The Morgan fingerprint density at radius 1 is 1.15 bits per heavy atom. The molecule has 1 N–H and O–H groups in total. The summed E-state index contributed by atoms with van der Waals surface area (Å²) >= 11 is 0. The van der Waals surface area contributed by atoms with Gasteiger partial charge in [-0.15, -0.1) is 0 Å². The number of aryl methyl sites for hydroxylation is 1. The van der Waals surface area contributed by atoms with E-state index in [-0.39, 0.29) is 6.42 Å². The van der Waals surface area contributed by atoms with Crippen molar-refractivity contribution in [1.82, 2.24) is 4.90 Å². The largest absolute Gasteiger partial charge is 0.481 e. The van der Waals surface area contributed by atoms with Crippen LogP contribution in [0.3, 0.4) is 0 Å². The van der Waals surface area contributed by atoms with E-state index >= 15 is 0 Å². The highest BCUT2D eigenvalue weighted by Crippen LogP contribution is 2.29. The average Bonchev–Trinajstić information content (AvgIpc) is 3.45. The van der Waals surface area contributed by atoms with E-state index in [0.29, 0.717) is 0 Å². The van der Waals surface area contributed by atoms with E-state index in [9.17, 15) is 4.79 Å². The van der Waals surface area contributed by atoms with E-state index in [1.54, 1.807) is 0 Å². The molecular formula is C23H27NO2. The van der Waals surface area contributed by atoms with Crippen LogP contribution < -0.4 is 0 Å². The summed E-state index contributed by atoms with van der Waals surface area (Å²) in [6, 6.07) is 15.0. The van der Waals surface area contributed by atoms with Gasteiger partial charge in [-0.05, 0) is 59.7 Å². The number of nitrogens with zero attached hydrogens (tertiary/aromatic N) is 1. The maximum Gasteiger partial charge on any atom is 0.307 e. The molecule has 0 spiro atoms. The Morgan fingerprint density at radius 3 is 2.35 bits per heavy atom. The van der Waals surface area contributed by atoms with Crippen LogP contribution in [0.1, 0.15) is 47.6 Å². The predicted octanol–water partition coefficient (Wildman–Crippen LogP) is 4.67. The van der Waals surface area contributed by atoms with E-state index in [4.69, 9.17) is 5.11 Å². The van der Waals surface area contributed by atoms with Crippen LogP contribution in [0.4, 0.5) is 0 Å². The molecule has 0 atom stereocenters. The lowest BCUT2D eigenvalue weighted by Crippen LogP contribution is -2.25. The molecule has 0 heterocycles. The summed E-state index contributed by atoms with van der Waals surface area (Å²) < 4.78 is 0. The standard InChI is InChI=1S/C23H27NO2/c1-4-24(22-11-12-22)15-21-10-9-20(13-16(21)2)17(3)19-7-5-18(6-8-19)14-23(25)26/h5-10,13,22H,3-4,11-12,14-15H2,1-2H3,(H,25,26). The molecule has 2 aromatic carbocycles. The van der Waals surface area contributed by atoms with Gasteiger partial charge < -0.3 is 5.11 Å². The number of hydrogen-bond acceptors (Lipinski definition) is 2. The molecule has 3 nitrogen and oxygen atoms in total. The zero-order valence-corrected chi connectivity index (χ0v) is 15.7. The first-order chi connectivity index (χ1) is 12.5. The van der Waals surface area contributed by atoms with Gasteiger partial charge in [-0.25, -0.2) is 0 Å². The van der Waals surface area contributed by atoms with Crippen molar-refractivity contribution in [1.29, 1.82) is 0 Å². The van der Waals surface area contributed by atoms with Gasteiger partial charge in [-0.2, -0.15) is 0 Å². The third kappa shape index (κ3) is 4.41. The fourth-order valence-electron chi connectivity index (χ4n) is 3.38. The normalized spacial score (nSPS) is 13.8. The molecule has 0 radical (unpaired) electrons. The Morgan fingerprint density at radius 2 is 1.81 bits per heavy atom. The average molecular weight is 349 g/mol. The van der Waals surface area contributed by atoms with Crippen LogP contribution in [0, 0.1) is 6.92 Å². The van der Waals surface area contributed by atoms with E-state index < -0.39 is 5.97 Å². The Hall–Kier alpha value is -2.39. The van der Waals surface area contributed by atoms with Gasteiger partial charge in [-0.1, -0.05) is 56.0 Å². The van der Waals surface area contributed by atoms with Crippen molar-refractivity contribution in [3.8, 4) is 0 Å². The summed E-state index contributed by atoms with van der Waals surface area (Å²) in [5.41, 5.74) is 6.60. The number of hydrogen-bond donors (Lipinski definition) is 1. The van der Waals surface area contributed by atoms with Gasteiger partial charge in [0.15, 0.2) is 0 Å². The summed E-state index contributed by atoms with van der Waals surface area (Å²) in [5, 5.41) is 8.88. The Balaban J connectivity index is 1.73. The monoisotopic (exact) mass is 349 g/mol. The number of aliphatic carboxylic acids is 1. The molecule has 0 saturated heterocycles. The molecule has 2 aromatic rings. The minimum absolute atomic E-state index is 0.0511. The molecule has 1 saturated carbocycles. The topological polar surface area (TPSA) is 40.5 Å². The zero-order chi connectivity index (χ0) is 18.7. The fourth-order valence-corrected chi connectivity index (χ4v) is 3.38. The summed E-state index contributed by atoms with van der Waals surface area (Å²) in [6.07, 6.45) is 2.72. The summed E-state index contributed by atoms with van der Waals surface area (Å²) in [5.74, 6) is -0.810. The first-order valence-electron chi connectivity index (χ1n) is 9.32. The lowest BCUT2D eigenvalue weighted by molar-refractivity contribution is -0.136. The second kappa shape index (κ2) is 7.88. The number of benzene rings is 2. The van der Waals surface area contributed by atoms with Gasteiger partial charge in [0.05, 0.1) is 6.42 Å². The van der Waals surface area contributed by atoms with Gasteiger partial charge in [0, 0.05) is 12.6 Å². The lowest BCUT2D eigenvalue weighted by Gasteiger charge is -2.21. The van der Waals surface area contributed by atoms with Gasteiger partial charge in [-0.3, -0.25) is 9.69 Å². The third-order valence-electron chi connectivity index (χ3n) is 5.19. The van der Waals surface area contributed by atoms with Crippen LogP contribution in [0.5, 0.6) is 0 Å². The minimum atomic E-state index is -0.810. The first kappa shape index (κ1) is 18.4. The van der Waals surface area contributed by atoms with E-state index in [1.807, 2.05) is 24.3 Å². The highest BCUT2D eigenvalue weighted by molar-refractivity contribution is 5.79. The van der Waals surface area contributed by atoms with Crippen LogP contribution in [0.25, 0.3) is 5.57 Å². The van der Waals surface area contributed by atoms with Crippen LogP contribution in [-0.4, -0.2) is 28.6 Å². The van der Waals surface area contributed by atoms with E-state index in [1.165, 1.54) is 24.0 Å². The molecule has 1 aliphatic rings. The maximum absolute atomic E-state index is 10.8. The van der Waals surface area contributed by atoms with Gasteiger partial charge in [0.1, 0.15) is 0 Å². The van der Waals surface area contributed by atoms with Crippen molar-refractivity contribution in [2.24, 2.45) is 0 Å². The van der Waals surface area contributed by atoms with Crippen LogP contribution >= 0.6 is 0 Å². The highest BCUT2D eigenvalue weighted by atomic mass is 16.4. The Labute approximate surface area is 156 Å². The van der Waals surface area contributed by atoms with Crippen molar-refractivity contribution in [2.45, 2.75) is 45.7 Å². The molecular weight excluding hydrogens is 322 g/mol. The first-order valence-corrected chi connectivity index (χ1v) is 9.32. The van der Waals surface area contributed by atoms with E-state index in [2.05, 4.69) is 43.5 Å². The number of rotatable bonds is 8. The fraction of sp³-hybridized carbons (Fsp3) is 0.348. The molecule has 0 bridgehead atoms.